The van der Waals surface area contributed by atoms with E-state index in [4.69, 9.17) is 16.3 Å². The molecule has 1 aliphatic heterocycles. The van der Waals surface area contributed by atoms with Crippen molar-refractivity contribution in [2.45, 2.75) is 18.9 Å². The molecule has 1 N–H and O–H groups in total. The summed E-state index contributed by atoms with van der Waals surface area (Å²) in [4.78, 5) is 14.4. The normalized spacial score (nSPS) is 16.4. The van der Waals surface area contributed by atoms with Crippen molar-refractivity contribution >= 4 is 28.9 Å². The van der Waals surface area contributed by atoms with E-state index in [-0.39, 0.29) is 18.4 Å². The lowest BCUT2D eigenvalue weighted by Gasteiger charge is -2.26. The standard InChI is InChI=1S/C19H21ClN2O2/c1-22(2)19-15(20)8-5-9-16(19)21-18(23)12-17-14-7-4-3-6-13(14)10-11-24-17/h3-9,17H,10-12H2,1-2H3,(H,21,23)/t17-/m1/s1. The average Bonchev–Trinajstić information content (AvgIpc) is 2.55. The number of amides is 1. The summed E-state index contributed by atoms with van der Waals surface area (Å²) in [5, 5.41) is 3.57. The Labute approximate surface area is 147 Å². The van der Waals surface area contributed by atoms with Gasteiger partial charge in [-0.25, -0.2) is 0 Å². The van der Waals surface area contributed by atoms with E-state index in [2.05, 4.69) is 11.4 Å². The lowest BCUT2D eigenvalue weighted by molar-refractivity contribution is -0.119. The summed E-state index contributed by atoms with van der Waals surface area (Å²) in [5.41, 5.74) is 3.88. The highest BCUT2D eigenvalue weighted by Crippen LogP contribution is 2.34. The molecule has 1 atom stereocenters. The molecule has 0 spiro atoms. The first kappa shape index (κ1) is 16.8. The Hall–Kier alpha value is -2.04. The van der Waals surface area contributed by atoms with Crippen molar-refractivity contribution in [2.75, 3.05) is 30.9 Å². The molecule has 0 unspecified atom stereocenters. The molecule has 0 saturated heterocycles. The third-order valence-electron chi connectivity index (χ3n) is 4.17. The number of carbonyl (C=O) groups is 1. The summed E-state index contributed by atoms with van der Waals surface area (Å²) in [5.74, 6) is -0.0814. The minimum atomic E-state index is -0.197. The fraction of sp³-hybridized carbons (Fsp3) is 0.316. The molecule has 0 aliphatic carbocycles. The van der Waals surface area contributed by atoms with Crippen molar-refractivity contribution in [2.24, 2.45) is 0 Å². The second kappa shape index (κ2) is 7.24. The minimum Gasteiger partial charge on any atom is -0.375 e. The molecular weight excluding hydrogens is 324 g/mol. The van der Waals surface area contributed by atoms with E-state index in [0.29, 0.717) is 17.3 Å². The Morgan fingerprint density at radius 1 is 1.25 bits per heavy atom. The summed E-state index contributed by atoms with van der Waals surface area (Å²) < 4.78 is 5.82. The predicted molar refractivity (Wildman–Crippen MR) is 97.9 cm³/mol. The van der Waals surface area contributed by atoms with Crippen LogP contribution in [0.4, 0.5) is 11.4 Å². The number of para-hydroxylation sites is 1. The number of anilines is 2. The minimum absolute atomic E-state index is 0.0814. The largest absolute Gasteiger partial charge is 0.375 e. The molecule has 126 valence electrons. The van der Waals surface area contributed by atoms with Crippen LogP contribution in [0.5, 0.6) is 0 Å². The van der Waals surface area contributed by atoms with Crippen molar-refractivity contribution in [3.8, 4) is 0 Å². The third-order valence-corrected chi connectivity index (χ3v) is 4.48. The Balaban J connectivity index is 1.75. The molecule has 4 nitrogen and oxygen atoms in total. The van der Waals surface area contributed by atoms with Crippen LogP contribution >= 0.6 is 11.6 Å². The molecule has 0 bridgehead atoms. The number of halogens is 1. The highest BCUT2D eigenvalue weighted by atomic mass is 35.5. The summed E-state index contributed by atoms with van der Waals surface area (Å²) >= 11 is 6.25. The maximum atomic E-state index is 12.5. The number of nitrogens with one attached hydrogen (secondary N) is 1. The number of rotatable bonds is 4. The van der Waals surface area contributed by atoms with Crippen molar-refractivity contribution < 1.29 is 9.53 Å². The first-order valence-corrected chi connectivity index (χ1v) is 8.39. The summed E-state index contributed by atoms with van der Waals surface area (Å²) in [6.45, 7) is 0.648. The topological polar surface area (TPSA) is 41.6 Å². The number of ether oxygens (including phenoxy) is 1. The molecule has 2 aromatic carbocycles. The van der Waals surface area contributed by atoms with Crippen LogP contribution < -0.4 is 10.2 Å². The van der Waals surface area contributed by atoms with Crippen LogP contribution in [0, 0.1) is 0 Å². The van der Waals surface area contributed by atoms with Crippen LogP contribution in [0.3, 0.4) is 0 Å². The number of hydrogen-bond acceptors (Lipinski definition) is 3. The van der Waals surface area contributed by atoms with E-state index in [1.54, 1.807) is 0 Å². The Morgan fingerprint density at radius 2 is 2.04 bits per heavy atom. The SMILES string of the molecule is CN(C)c1c(Cl)cccc1NC(=O)C[C@H]1OCCc2ccccc21. The maximum Gasteiger partial charge on any atom is 0.227 e. The van der Waals surface area contributed by atoms with Gasteiger partial charge in [0.1, 0.15) is 0 Å². The van der Waals surface area contributed by atoms with Gasteiger partial charge in [0.05, 0.1) is 35.5 Å². The highest BCUT2D eigenvalue weighted by molar-refractivity contribution is 6.34. The second-order valence-corrected chi connectivity index (χ2v) is 6.50. The lowest BCUT2D eigenvalue weighted by Crippen LogP contribution is -2.23. The third kappa shape index (κ3) is 3.55. The average molecular weight is 345 g/mol. The van der Waals surface area contributed by atoms with Crippen LogP contribution in [-0.4, -0.2) is 26.6 Å². The zero-order chi connectivity index (χ0) is 17.1. The Morgan fingerprint density at radius 3 is 2.83 bits per heavy atom. The monoisotopic (exact) mass is 344 g/mol. The molecule has 1 aliphatic rings. The fourth-order valence-electron chi connectivity index (χ4n) is 3.09. The molecular formula is C19H21ClN2O2. The number of nitrogens with zero attached hydrogens (tertiary/aromatic N) is 1. The summed E-state index contributed by atoms with van der Waals surface area (Å²) in [6, 6.07) is 13.6. The van der Waals surface area contributed by atoms with Crippen LogP contribution in [-0.2, 0) is 16.0 Å². The number of fused-ring (bicyclic) bond motifs is 1. The van der Waals surface area contributed by atoms with E-state index in [1.165, 1.54) is 5.56 Å². The van der Waals surface area contributed by atoms with Crippen molar-refractivity contribution in [1.29, 1.82) is 0 Å². The van der Waals surface area contributed by atoms with Gasteiger partial charge in [-0.2, -0.15) is 0 Å². The van der Waals surface area contributed by atoms with Gasteiger partial charge in [-0.1, -0.05) is 41.9 Å². The zero-order valence-electron chi connectivity index (χ0n) is 13.9. The van der Waals surface area contributed by atoms with Crippen molar-refractivity contribution in [3.63, 3.8) is 0 Å². The van der Waals surface area contributed by atoms with Crippen LogP contribution in [0.2, 0.25) is 5.02 Å². The van der Waals surface area contributed by atoms with E-state index < -0.39 is 0 Å². The predicted octanol–water partition coefficient (Wildman–Crippen LogP) is 4.05. The van der Waals surface area contributed by atoms with Gasteiger partial charge in [-0.05, 0) is 29.7 Å². The Bertz CT molecular complexity index is 746. The quantitative estimate of drug-likeness (QED) is 0.909. The molecule has 3 rings (SSSR count). The molecule has 0 saturated carbocycles. The van der Waals surface area contributed by atoms with Crippen LogP contribution in [0.15, 0.2) is 42.5 Å². The van der Waals surface area contributed by atoms with Gasteiger partial charge in [0.2, 0.25) is 5.91 Å². The smallest absolute Gasteiger partial charge is 0.227 e. The van der Waals surface area contributed by atoms with Crippen molar-refractivity contribution in [3.05, 3.63) is 58.6 Å². The van der Waals surface area contributed by atoms with E-state index in [9.17, 15) is 4.79 Å². The number of hydrogen-bond donors (Lipinski definition) is 1. The van der Waals surface area contributed by atoms with E-state index in [0.717, 1.165) is 17.7 Å². The number of benzene rings is 2. The van der Waals surface area contributed by atoms with Crippen LogP contribution in [0.25, 0.3) is 0 Å². The molecule has 1 amide bonds. The molecule has 24 heavy (non-hydrogen) atoms. The first-order valence-electron chi connectivity index (χ1n) is 8.01. The number of carbonyl (C=O) groups excluding carboxylic acids is 1. The lowest BCUT2D eigenvalue weighted by atomic mass is 9.95. The van der Waals surface area contributed by atoms with Gasteiger partial charge >= 0.3 is 0 Å². The highest BCUT2D eigenvalue weighted by Gasteiger charge is 2.23. The van der Waals surface area contributed by atoms with Crippen molar-refractivity contribution in [1.82, 2.24) is 0 Å². The van der Waals surface area contributed by atoms with Crippen LogP contribution in [0.1, 0.15) is 23.7 Å². The molecule has 0 fully saturated rings. The van der Waals surface area contributed by atoms with E-state index in [1.807, 2.05) is 55.4 Å². The fourth-order valence-corrected chi connectivity index (χ4v) is 3.43. The maximum absolute atomic E-state index is 12.5. The van der Waals surface area contributed by atoms with Gasteiger partial charge in [-0.15, -0.1) is 0 Å². The zero-order valence-corrected chi connectivity index (χ0v) is 14.6. The molecule has 5 heteroatoms. The van der Waals surface area contributed by atoms with Gasteiger partial charge < -0.3 is 15.0 Å². The van der Waals surface area contributed by atoms with Gasteiger partial charge in [0.25, 0.3) is 0 Å². The molecule has 0 radical (unpaired) electrons. The Kier molecular flexibility index (Phi) is 5.07. The molecule has 1 heterocycles. The van der Waals surface area contributed by atoms with E-state index >= 15 is 0 Å². The van der Waals surface area contributed by atoms with Gasteiger partial charge in [0, 0.05) is 14.1 Å². The molecule has 0 aromatic heterocycles. The summed E-state index contributed by atoms with van der Waals surface area (Å²) in [6.07, 6.45) is 0.987. The second-order valence-electron chi connectivity index (χ2n) is 6.09. The first-order chi connectivity index (χ1) is 11.6. The molecule has 2 aromatic rings. The van der Waals surface area contributed by atoms with Gasteiger partial charge in [-0.3, -0.25) is 4.79 Å². The van der Waals surface area contributed by atoms with Gasteiger partial charge in [0.15, 0.2) is 0 Å². The summed E-state index contributed by atoms with van der Waals surface area (Å²) in [7, 11) is 3.80.